The van der Waals surface area contributed by atoms with Gasteiger partial charge in [-0.3, -0.25) is 14.4 Å². The minimum absolute atomic E-state index is 0.0316. The van der Waals surface area contributed by atoms with Crippen molar-refractivity contribution < 1.29 is 19.1 Å². The molecular weight excluding hydrogens is 340 g/mol. The average Bonchev–Trinajstić information content (AvgIpc) is 2.89. The SMILES string of the molecule is CC(=O)O[C@@]1(C(C)=O)CC[C@H]2[C@@H]3C=CC4=CC(=O)C=C[C@]4(C)[C@H]3CC[C@@]21C. The van der Waals surface area contributed by atoms with E-state index in [2.05, 4.69) is 32.1 Å². The molecule has 0 saturated heterocycles. The van der Waals surface area contributed by atoms with Gasteiger partial charge in [0.1, 0.15) is 0 Å². The highest BCUT2D eigenvalue weighted by atomic mass is 16.6. The predicted molar refractivity (Wildman–Crippen MR) is 102 cm³/mol. The number of fused-ring (bicyclic) bond motifs is 5. The van der Waals surface area contributed by atoms with Crippen LogP contribution in [0.2, 0.25) is 0 Å². The van der Waals surface area contributed by atoms with E-state index in [1.807, 2.05) is 0 Å². The van der Waals surface area contributed by atoms with E-state index in [1.54, 1.807) is 19.1 Å². The summed E-state index contributed by atoms with van der Waals surface area (Å²) in [5.41, 5.74) is -0.396. The van der Waals surface area contributed by atoms with Gasteiger partial charge in [0.2, 0.25) is 0 Å². The molecule has 27 heavy (non-hydrogen) atoms. The molecule has 144 valence electrons. The summed E-state index contributed by atoms with van der Waals surface area (Å²) in [5.74, 6) is 0.657. The summed E-state index contributed by atoms with van der Waals surface area (Å²) in [4.78, 5) is 36.4. The van der Waals surface area contributed by atoms with Crippen molar-refractivity contribution in [2.45, 2.75) is 59.0 Å². The van der Waals surface area contributed by atoms with Crippen LogP contribution in [0.3, 0.4) is 0 Å². The second-order valence-electron chi connectivity index (χ2n) is 9.24. The van der Waals surface area contributed by atoms with Crippen LogP contribution in [-0.4, -0.2) is 23.1 Å². The second-order valence-corrected chi connectivity index (χ2v) is 9.24. The lowest BCUT2D eigenvalue weighted by Gasteiger charge is -2.56. The standard InChI is InChI=1S/C23H28O4/c1-14(24)23(27-15(2)25)12-9-20-18-6-5-16-13-17(26)7-10-21(16,3)19(18)8-11-22(20,23)4/h5-7,10,13,18-20H,8-9,11-12H2,1-4H3/t18-,19+,20+,21+,22+,23-/m1/s1. The van der Waals surface area contributed by atoms with Crippen molar-refractivity contribution in [1.29, 1.82) is 0 Å². The zero-order valence-corrected chi connectivity index (χ0v) is 16.6. The van der Waals surface area contributed by atoms with Gasteiger partial charge in [0.15, 0.2) is 17.2 Å². The lowest BCUT2D eigenvalue weighted by Crippen LogP contribution is -2.57. The maximum Gasteiger partial charge on any atom is 0.303 e. The Morgan fingerprint density at radius 2 is 1.78 bits per heavy atom. The fourth-order valence-electron chi connectivity index (χ4n) is 6.71. The number of hydrogen-bond acceptors (Lipinski definition) is 4. The molecule has 2 fully saturated rings. The Labute approximate surface area is 160 Å². The van der Waals surface area contributed by atoms with Crippen molar-refractivity contribution in [3.8, 4) is 0 Å². The normalized spacial score (nSPS) is 44.8. The molecule has 0 spiro atoms. The average molecular weight is 368 g/mol. The third kappa shape index (κ3) is 2.31. The van der Waals surface area contributed by atoms with E-state index in [0.29, 0.717) is 24.2 Å². The van der Waals surface area contributed by atoms with Crippen LogP contribution in [-0.2, 0) is 19.1 Å². The first-order chi connectivity index (χ1) is 12.6. The molecule has 6 atom stereocenters. The van der Waals surface area contributed by atoms with Crippen LogP contribution >= 0.6 is 0 Å². The highest BCUT2D eigenvalue weighted by Crippen LogP contribution is 2.66. The van der Waals surface area contributed by atoms with Crippen LogP contribution in [0.15, 0.2) is 36.0 Å². The van der Waals surface area contributed by atoms with Gasteiger partial charge in [0, 0.05) is 17.8 Å². The lowest BCUT2D eigenvalue weighted by molar-refractivity contribution is -0.184. The molecule has 0 bridgehead atoms. The first kappa shape index (κ1) is 18.4. The number of carbonyl (C=O) groups excluding carboxylic acids is 3. The molecule has 4 aliphatic carbocycles. The van der Waals surface area contributed by atoms with Crippen molar-refractivity contribution in [3.05, 3.63) is 36.0 Å². The van der Waals surface area contributed by atoms with E-state index in [9.17, 15) is 14.4 Å². The molecule has 0 aromatic rings. The van der Waals surface area contributed by atoms with E-state index >= 15 is 0 Å². The number of carbonyl (C=O) groups is 3. The number of esters is 1. The Bertz CT molecular complexity index is 818. The fraction of sp³-hybridized carbons (Fsp3) is 0.609. The molecule has 0 heterocycles. The van der Waals surface area contributed by atoms with Crippen LogP contribution in [0, 0.1) is 28.6 Å². The molecule has 4 nitrogen and oxygen atoms in total. The molecule has 0 aromatic heterocycles. The smallest absolute Gasteiger partial charge is 0.303 e. The first-order valence-corrected chi connectivity index (χ1v) is 9.98. The lowest BCUT2D eigenvalue weighted by atomic mass is 9.49. The summed E-state index contributed by atoms with van der Waals surface area (Å²) in [7, 11) is 0. The van der Waals surface area contributed by atoms with E-state index in [1.165, 1.54) is 6.92 Å². The van der Waals surface area contributed by atoms with E-state index in [-0.39, 0.29) is 28.4 Å². The molecule has 0 radical (unpaired) electrons. The monoisotopic (exact) mass is 368 g/mol. The summed E-state index contributed by atoms with van der Waals surface area (Å²) < 4.78 is 5.78. The van der Waals surface area contributed by atoms with Gasteiger partial charge in [0.25, 0.3) is 0 Å². The molecule has 4 heteroatoms. The number of hydrogen-bond donors (Lipinski definition) is 0. The molecule has 4 aliphatic rings. The quantitative estimate of drug-likeness (QED) is 0.692. The number of ether oxygens (including phenoxy) is 1. The topological polar surface area (TPSA) is 60.4 Å². The van der Waals surface area contributed by atoms with Crippen LogP contribution in [0.4, 0.5) is 0 Å². The summed E-state index contributed by atoms with van der Waals surface area (Å²) in [5, 5.41) is 0. The molecule has 0 aromatic carbocycles. The minimum atomic E-state index is -1.00. The highest BCUT2D eigenvalue weighted by Gasteiger charge is 2.67. The van der Waals surface area contributed by atoms with Crippen LogP contribution in [0.1, 0.15) is 53.4 Å². The Hall–Kier alpha value is -1.97. The Morgan fingerprint density at radius 1 is 1.07 bits per heavy atom. The molecule has 4 rings (SSSR count). The molecule has 2 saturated carbocycles. The highest BCUT2D eigenvalue weighted by molar-refractivity contribution is 6.01. The van der Waals surface area contributed by atoms with E-state index in [0.717, 1.165) is 24.8 Å². The Balaban J connectivity index is 1.76. The maximum absolute atomic E-state index is 12.7. The number of rotatable bonds is 2. The van der Waals surface area contributed by atoms with Gasteiger partial charge < -0.3 is 4.74 Å². The van der Waals surface area contributed by atoms with Crippen molar-refractivity contribution in [1.82, 2.24) is 0 Å². The Morgan fingerprint density at radius 3 is 2.44 bits per heavy atom. The summed E-state index contributed by atoms with van der Waals surface area (Å²) in [6.07, 6.45) is 13.2. The maximum atomic E-state index is 12.7. The van der Waals surface area contributed by atoms with Gasteiger partial charge in [-0.1, -0.05) is 32.1 Å². The zero-order chi connectivity index (χ0) is 19.6. The number of ketones is 2. The zero-order valence-electron chi connectivity index (χ0n) is 16.6. The molecule has 0 unspecified atom stereocenters. The van der Waals surface area contributed by atoms with Crippen molar-refractivity contribution >= 4 is 17.5 Å². The summed E-state index contributed by atoms with van der Waals surface area (Å²) in [6.45, 7) is 7.34. The van der Waals surface area contributed by atoms with Gasteiger partial charge in [-0.15, -0.1) is 0 Å². The largest absolute Gasteiger partial charge is 0.451 e. The molecule has 0 amide bonds. The summed E-state index contributed by atoms with van der Waals surface area (Å²) in [6, 6.07) is 0. The van der Waals surface area contributed by atoms with E-state index < -0.39 is 5.60 Å². The van der Waals surface area contributed by atoms with Gasteiger partial charge in [0.05, 0.1) is 0 Å². The summed E-state index contributed by atoms with van der Waals surface area (Å²) >= 11 is 0. The molecule has 0 aliphatic heterocycles. The predicted octanol–water partition coefficient (Wildman–Crippen LogP) is 3.96. The Kier molecular flexibility index (Phi) is 3.93. The molecule has 0 N–H and O–H groups in total. The van der Waals surface area contributed by atoms with Crippen LogP contribution < -0.4 is 0 Å². The second kappa shape index (κ2) is 5.76. The molecular formula is C23H28O4. The minimum Gasteiger partial charge on any atom is -0.451 e. The van der Waals surface area contributed by atoms with Gasteiger partial charge in [-0.25, -0.2) is 0 Å². The van der Waals surface area contributed by atoms with Crippen molar-refractivity contribution in [2.75, 3.05) is 0 Å². The number of Topliss-reactive ketones (excluding diaryl/α,β-unsaturated/α-hetero) is 1. The van der Waals surface area contributed by atoms with Crippen LogP contribution in [0.25, 0.3) is 0 Å². The van der Waals surface area contributed by atoms with E-state index in [4.69, 9.17) is 4.74 Å². The first-order valence-electron chi connectivity index (χ1n) is 9.98. The fourth-order valence-corrected chi connectivity index (χ4v) is 6.71. The third-order valence-corrected chi connectivity index (χ3v) is 8.12. The van der Waals surface area contributed by atoms with Crippen molar-refractivity contribution in [2.24, 2.45) is 28.6 Å². The third-order valence-electron chi connectivity index (χ3n) is 8.12. The van der Waals surface area contributed by atoms with Crippen molar-refractivity contribution in [3.63, 3.8) is 0 Å². The van der Waals surface area contributed by atoms with Gasteiger partial charge in [-0.2, -0.15) is 0 Å². The van der Waals surface area contributed by atoms with Gasteiger partial charge >= 0.3 is 5.97 Å². The van der Waals surface area contributed by atoms with Crippen LogP contribution in [0.5, 0.6) is 0 Å². The van der Waals surface area contributed by atoms with Gasteiger partial charge in [-0.05, 0) is 68.1 Å². The number of allylic oxidation sites excluding steroid dienone is 6.